The zero-order valence-electron chi connectivity index (χ0n) is 33.1. The fourth-order valence-corrected chi connectivity index (χ4v) is 7.95. The maximum absolute atomic E-state index is 5.42. The average molecular weight is 770 g/mol. The Hall–Kier alpha value is -8.02. The lowest BCUT2D eigenvalue weighted by atomic mass is 9.98. The minimum atomic E-state index is 0.623. The van der Waals surface area contributed by atoms with E-state index in [1.807, 2.05) is 61.5 Å². The molecule has 284 valence electrons. The Labute approximate surface area is 349 Å². The monoisotopic (exact) mass is 769 g/mol. The van der Waals surface area contributed by atoms with Crippen molar-refractivity contribution in [2.24, 2.45) is 0 Å². The van der Waals surface area contributed by atoms with Crippen LogP contribution in [0.4, 0.5) is 0 Å². The molecule has 0 aliphatic rings. The molecule has 0 amide bonds. The summed E-state index contributed by atoms with van der Waals surface area (Å²) in [5, 5.41) is 3.09. The normalized spacial score (nSPS) is 11.8. The molecule has 0 N–H and O–H groups in total. The van der Waals surface area contributed by atoms with Gasteiger partial charge in [0.1, 0.15) is 5.82 Å². The summed E-state index contributed by atoms with van der Waals surface area (Å²) in [6.45, 7) is 6.66. The van der Waals surface area contributed by atoms with Crippen LogP contribution in [0.2, 0.25) is 0 Å². The molecule has 60 heavy (non-hydrogen) atoms. The van der Waals surface area contributed by atoms with Crippen molar-refractivity contribution in [3.05, 3.63) is 224 Å². The summed E-state index contributed by atoms with van der Waals surface area (Å²) in [4.78, 5) is 21.0. The minimum absolute atomic E-state index is 0.623. The molecule has 0 bridgehead atoms. The van der Waals surface area contributed by atoms with E-state index in [9.17, 15) is 0 Å². The summed E-state index contributed by atoms with van der Waals surface area (Å²) in [5.74, 6) is 1.49. The summed E-state index contributed by atoms with van der Waals surface area (Å²) in [7, 11) is 0. The molecule has 0 atom stereocenters. The van der Waals surface area contributed by atoms with Crippen LogP contribution in [0.5, 0.6) is 0 Å². The molecular weight excluding hydrogens is 731 g/mol. The molecule has 0 unspecified atom stereocenters. The summed E-state index contributed by atoms with van der Waals surface area (Å²) in [6, 6.07) is 64.8. The Bertz CT molecular complexity index is 3240. The highest BCUT2D eigenvalue weighted by atomic mass is 15.1. The van der Waals surface area contributed by atoms with Crippen molar-refractivity contribution in [1.82, 2.24) is 24.5 Å². The molecule has 10 aromatic rings. The van der Waals surface area contributed by atoms with Gasteiger partial charge < -0.3 is 0 Å². The van der Waals surface area contributed by atoms with Crippen LogP contribution < -0.4 is 0 Å². The van der Waals surface area contributed by atoms with Crippen LogP contribution in [0, 0.1) is 0 Å². The van der Waals surface area contributed by atoms with Gasteiger partial charge >= 0.3 is 0 Å². The minimum Gasteiger partial charge on any atom is -0.292 e. The van der Waals surface area contributed by atoms with Crippen molar-refractivity contribution in [3.8, 4) is 50.7 Å². The smallest absolute Gasteiger partial charge is 0.160 e. The number of pyridine rings is 1. The number of imidazole rings is 1. The van der Waals surface area contributed by atoms with Gasteiger partial charge in [0.15, 0.2) is 5.82 Å². The molecule has 0 aliphatic heterocycles. The van der Waals surface area contributed by atoms with Gasteiger partial charge in [-0.2, -0.15) is 0 Å². The Balaban J connectivity index is 1.10. The predicted octanol–water partition coefficient (Wildman–Crippen LogP) is 13.9. The highest BCUT2D eigenvalue weighted by molar-refractivity contribution is 6.19. The molecule has 7 aromatic carbocycles. The van der Waals surface area contributed by atoms with Crippen molar-refractivity contribution in [1.29, 1.82) is 0 Å². The van der Waals surface area contributed by atoms with Gasteiger partial charge in [0, 0.05) is 38.7 Å². The second kappa shape index (κ2) is 15.7. The number of benzene rings is 7. The van der Waals surface area contributed by atoms with Gasteiger partial charge in [0.05, 0.1) is 33.6 Å². The van der Waals surface area contributed by atoms with Gasteiger partial charge in [-0.25, -0.2) is 19.9 Å². The standard InChI is InChI=1S/C55H39N5/c1-3-38(54-57-48(41-20-10-5-11-21-41)36-49(58-54)42-32-30-40(31-33-42)39-18-8-4-9-19-39)29-28-37(2)52-51-46(45-26-16-17-27-47(45)56-52)34-35-50-53(51)59-55(43-22-12-6-13-23-43)60(50)44-24-14-7-15-25-44/h3-36H,2H2,1H3/b29-28-,38-3+. The Morgan fingerprint density at radius 3 is 1.72 bits per heavy atom. The van der Waals surface area contributed by atoms with Crippen LogP contribution in [0.15, 0.2) is 213 Å². The van der Waals surface area contributed by atoms with Gasteiger partial charge in [0.2, 0.25) is 0 Å². The second-order valence-electron chi connectivity index (χ2n) is 14.7. The largest absolute Gasteiger partial charge is 0.292 e. The molecule has 3 aromatic heterocycles. The fraction of sp³-hybridized carbons (Fsp3) is 0.0182. The van der Waals surface area contributed by atoms with Gasteiger partial charge in [-0.3, -0.25) is 4.57 Å². The number of aromatic nitrogens is 5. The van der Waals surface area contributed by atoms with Crippen molar-refractivity contribution in [3.63, 3.8) is 0 Å². The van der Waals surface area contributed by atoms with E-state index in [-0.39, 0.29) is 0 Å². The van der Waals surface area contributed by atoms with Gasteiger partial charge in [-0.15, -0.1) is 0 Å². The summed E-state index contributed by atoms with van der Waals surface area (Å²) < 4.78 is 2.24. The lowest BCUT2D eigenvalue weighted by Crippen LogP contribution is -1.99. The number of para-hydroxylation sites is 2. The maximum Gasteiger partial charge on any atom is 0.160 e. The van der Waals surface area contributed by atoms with Gasteiger partial charge in [-0.1, -0.05) is 183 Å². The van der Waals surface area contributed by atoms with Crippen LogP contribution in [-0.2, 0) is 0 Å². The van der Waals surface area contributed by atoms with Crippen molar-refractivity contribution >= 4 is 43.9 Å². The molecule has 0 saturated carbocycles. The Morgan fingerprint density at radius 1 is 0.500 bits per heavy atom. The summed E-state index contributed by atoms with van der Waals surface area (Å²) in [5.41, 5.74) is 13.3. The molecule has 0 radical (unpaired) electrons. The maximum atomic E-state index is 5.42. The van der Waals surface area contributed by atoms with Crippen LogP contribution in [0.25, 0.3) is 94.6 Å². The van der Waals surface area contributed by atoms with Crippen LogP contribution in [0.3, 0.4) is 0 Å². The number of hydrogen-bond acceptors (Lipinski definition) is 4. The molecule has 5 heteroatoms. The number of rotatable bonds is 9. The Morgan fingerprint density at radius 2 is 1.05 bits per heavy atom. The molecular formula is C55H39N5. The summed E-state index contributed by atoms with van der Waals surface area (Å²) >= 11 is 0. The predicted molar refractivity (Wildman–Crippen MR) is 249 cm³/mol. The fourth-order valence-electron chi connectivity index (χ4n) is 7.95. The molecule has 0 fully saturated rings. The van der Waals surface area contributed by atoms with Gasteiger partial charge in [-0.05, 0) is 59.3 Å². The van der Waals surface area contributed by atoms with E-state index in [0.717, 1.165) is 94.7 Å². The van der Waals surface area contributed by atoms with E-state index in [1.165, 1.54) is 5.56 Å². The number of hydrogen-bond donors (Lipinski definition) is 0. The van der Waals surface area contributed by atoms with Gasteiger partial charge in [0.25, 0.3) is 0 Å². The number of fused-ring (bicyclic) bond motifs is 5. The van der Waals surface area contributed by atoms with E-state index in [0.29, 0.717) is 5.82 Å². The van der Waals surface area contributed by atoms with Crippen molar-refractivity contribution < 1.29 is 0 Å². The number of allylic oxidation sites excluding steroid dienone is 5. The molecule has 3 heterocycles. The average Bonchev–Trinajstić information content (AvgIpc) is 3.72. The lowest BCUT2D eigenvalue weighted by Gasteiger charge is -2.12. The van der Waals surface area contributed by atoms with Crippen molar-refractivity contribution in [2.45, 2.75) is 6.92 Å². The first kappa shape index (κ1) is 36.3. The lowest BCUT2D eigenvalue weighted by molar-refractivity contribution is 1.10. The summed E-state index contributed by atoms with van der Waals surface area (Å²) in [6.07, 6.45) is 6.13. The van der Waals surface area contributed by atoms with Crippen LogP contribution in [-0.4, -0.2) is 24.5 Å². The first-order valence-corrected chi connectivity index (χ1v) is 20.1. The van der Waals surface area contributed by atoms with E-state index in [2.05, 4.69) is 163 Å². The number of nitrogens with zero attached hydrogens (tertiary/aromatic N) is 5. The molecule has 5 nitrogen and oxygen atoms in total. The molecule has 0 saturated heterocycles. The van der Waals surface area contributed by atoms with E-state index in [1.54, 1.807) is 0 Å². The van der Waals surface area contributed by atoms with E-state index < -0.39 is 0 Å². The first-order valence-electron chi connectivity index (χ1n) is 20.1. The Kier molecular flexibility index (Phi) is 9.52. The highest BCUT2D eigenvalue weighted by Gasteiger charge is 2.21. The first-order chi connectivity index (χ1) is 29.6. The van der Waals surface area contributed by atoms with Crippen molar-refractivity contribution in [2.75, 3.05) is 0 Å². The quantitative estimate of drug-likeness (QED) is 0.108. The molecule has 10 rings (SSSR count). The third-order valence-corrected chi connectivity index (χ3v) is 11.0. The third-order valence-electron chi connectivity index (χ3n) is 11.0. The van der Waals surface area contributed by atoms with E-state index >= 15 is 0 Å². The zero-order valence-corrected chi connectivity index (χ0v) is 33.1. The highest BCUT2D eigenvalue weighted by Crippen LogP contribution is 2.39. The SMILES string of the molecule is C=C(/C=C\C(=C/C)c1nc(-c2ccccc2)cc(-c2ccc(-c3ccccc3)cc2)n1)c1nc2ccccc2c2ccc3c(nc(-c4ccccc4)n3-c3ccccc3)c12. The van der Waals surface area contributed by atoms with Crippen LogP contribution in [0.1, 0.15) is 18.4 Å². The molecule has 0 spiro atoms. The topological polar surface area (TPSA) is 56.5 Å². The zero-order chi connectivity index (χ0) is 40.4. The van der Waals surface area contributed by atoms with Crippen LogP contribution >= 0.6 is 0 Å². The van der Waals surface area contributed by atoms with E-state index in [4.69, 9.17) is 19.9 Å². The molecule has 0 aliphatic carbocycles. The second-order valence-corrected chi connectivity index (χ2v) is 14.7. The third kappa shape index (κ3) is 6.78.